The van der Waals surface area contributed by atoms with Gasteiger partial charge in [0.1, 0.15) is 11.5 Å². The number of aromatic hydroxyl groups is 1. The molecule has 0 saturated carbocycles. The highest BCUT2D eigenvalue weighted by molar-refractivity contribution is 5.59. The Labute approximate surface area is 106 Å². The SMILES string of the molecule is COc1ccccc1NCc1c(N)cccc1O. The summed E-state index contributed by atoms with van der Waals surface area (Å²) in [6.45, 7) is 0.443. The van der Waals surface area contributed by atoms with E-state index in [0.717, 1.165) is 11.4 Å². The molecule has 2 rings (SSSR count). The third-order valence-electron chi connectivity index (χ3n) is 2.75. The third kappa shape index (κ3) is 2.48. The summed E-state index contributed by atoms with van der Waals surface area (Å²) in [4.78, 5) is 0. The molecule has 0 spiro atoms. The number of nitrogen functional groups attached to an aromatic ring is 1. The van der Waals surface area contributed by atoms with E-state index >= 15 is 0 Å². The summed E-state index contributed by atoms with van der Waals surface area (Å²) in [7, 11) is 1.62. The summed E-state index contributed by atoms with van der Waals surface area (Å²) in [6, 6.07) is 12.7. The molecule has 0 saturated heterocycles. The molecular formula is C14H16N2O2. The first kappa shape index (κ1) is 12.1. The van der Waals surface area contributed by atoms with Crippen LogP contribution in [0, 0.1) is 0 Å². The fourth-order valence-electron chi connectivity index (χ4n) is 1.76. The highest BCUT2D eigenvalue weighted by Crippen LogP contribution is 2.27. The molecule has 0 aromatic heterocycles. The highest BCUT2D eigenvalue weighted by atomic mass is 16.5. The molecule has 18 heavy (non-hydrogen) atoms. The Morgan fingerprint density at radius 2 is 1.94 bits per heavy atom. The van der Waals surface area contributed by atoms with Crippen LogP contribution in [0.1, 0.15) is 5.56 Å². The van der Waals surface area contributed by atoms with E-state index in [2.05, 4.69) is 5.32 Å². The van der Waals surface area contributed by atoms with Gasteiger partial charge in [-0.25, -0.2) is 0 Å². The average molecular weight is 244 g/mol. The van der Waals surface area contributed by atoms with Crippen LogP contribution >= 0.6 is 0 Å². The van der Waals surface area contributed by atoms with Crippen LogP contribution in [0.5, 0.6) is 11.5 Å². The zero-order valence-electron chi connectivity index (χ0n) is 10.2. The molecule has 0 aliphatic heterocycles. The van der Waals surface area contributed by atoms with Crippen LogP contribution in [0.2, 0.25) is 0 Å². The van der Waals surface area contributed by atoms with Crippen molar-refractivity contribution in [1.82, 2.24) is 0 Å². The van der Waals surface area contributed by atoms with E-state index < -0.39 is 0 Å². The second-order valence-electron chi connectivity index (χ2n) is 3.90. The van der Waals surface area contributed by atoms with Gasteiger partial charge in [0, 0.05) is 17.8 Å². The smallest absolute Gasteiger partial charge is 0.141 e. The largest absolute Gasteiger partial charge is 0.508 e. The van der Waals surface area contributed by atoms with Gasteiger partial charge in [-0.2, -0.15) is 0 Å². The predicted octanol–water partition coefficient (Wildman–Crippen LogP) is 2.60. The summed E-state index contributed by atoms with van der Waals surface area (Å²) in [5.41, 5.74) is 7.94. The van der Waals surface area contributed by atoms with Gasteiger partial charge in [0.05, 0.1) is 12.8 Å². The van der Waals surface area contributed by atoms with Gasteiger partial charge in [0.15, 0.2) is 0 Å². The molecule has 0 amide bonds. The van der Waals surface area contributed by atoms with Gasteiger partial charge in [0.25, 0.3) is 0 Å². The van der Waals surface area contributed by atoms with Crippen molar-refractivity contribution in [2.75, 3.05) is 18.2 Å². The Balaban J connectivity index is 2.16. The molecule has 0 aliphatic carbocycles. The van der Waals surface area contributed by atoms with Crippen molar-refractivity contribution in [3.05, 3.63) is 48.0 Å². The van der Waals surface area contributed by atoms with E-state index in [-0.39, 0.29) is 5.75 Å². The maximum absolute atomic E-state index is 9.74. The second kappa shape index (κ2) is 5.31. The number of hydrogen-bond acceptors (Lipinski definition) is 4. The standard InChI is InChI=1S/C14H16N2O2/c1-18-14-8-3-2-6-12(14)16-9-10-11(15)5-4-7-13(10)17/h2-8,16-17H,9,15H2,1H3. The number of ether oxygens (including phenoxy) is 1. The Hall–Kier alpha value is -2.36. The van der Waals surface area contributed by atoms with Gasteiger partial charge >= 0.3 is 0 Å². The molecule has 0 fully saturated rings. The minimum atomic E-state index is 0.192. The maximum atomic E-state index is 9.74. The molecule has 4 nitrogen and oxygen atoms in total. The fourth-order valence-corrected chi connectivity index (χ4v) is 1.76. The molecule has 2 aromatic carbocycles. The number of rotatable bonds is 4. The molecule has 0 unspecified atom stereocenters. The molecule has 2 aromatic rings. The third-order valence-corrected chi connectivity index (χ3v) is 2.75. The van der Waals surface area contributed by atoms with Gasteiger partial charge in [-0.1, -0.05) is 18.2 Å². The minimum absolute atomic E-state index is 0.192. The molecule has 0 heterocycles. The van der Waals surface area contributed by atoms with Gasteiger partial charge in [0.2, 0.25) is 0 Å². The molecule has 4 N–H and O–H groups in total. The maximum Gasteiger partial charge on any atom is 0.141 e. The van der Waals surface area contributed by atoms with Crippen LogP contribution in [0.3, 0.4) is 0 Å². The molecular weight excluding hydrogens is 228 g/mol. The highest BCUT2D eigenvalue weighted by Gasteiger charge is 2.06. The first-order chi connectivity index (χ1) is 8.72. The number of nitrogens with one attached hydrogen (secondary N) is 1. The number of nitrogens with two attached hydrogens (primary N) is 1. The van der Waals surface area contributed by atoms with E-state index in [1.54, 1.807) is 25.3 Å². The lowest BCUT2D eigenvalue weighted by Gasteiger charge is -2.13. The first-order valence-corrected chi connectivity index (χ1v) is 5.65. The van der Waals surface area contributed by atoms with Crippen LogP contribution in [-0.4, -0.2) is 12.2 Å². The number of para-hydroxylation sites is 2. The van der Waals surface area contributed by atoms with E-state index in [1.807, 2.05) is 24.3 Å². The lowest BCUT2D eigenvalue weighted by molar-refractivity contribution is 0.416. The van der Waals surface area contributed by atoms with E-state index in [9.17, 15) is 5.11 Å². The lowest BCUT2D eigenvalue weighted by atomic mass is 10.1. The number of benzene rings is 2. The van der Waals surface area contributed by atoms with Crippen molar-refractivity contribution in [3.63, 3.8) is 0 Å². The van der Waals surface area contributed by atoms with Crippen LogP contribution in [0.25, 0.3) is 0 Å². The summed E-state index contributed by atoms with van der Waals surface area (Å²) in [5.74, 6) is 0.948. The zero-order chi connectivity index (χ0) is 13.0. The van der Waals surface area contributed by atoms with Crippen molar-refractivity contribution >= 4 is 11.4 Å². The van der Waals surface area contributed by atoms with Crippen molar-refractivity contribution < 1.29 is 9.84 Å². The summed E-state index contributed by atoms with van der Waals surface area (Å²) < 4.78 is 5.24. The van der Waals surface area contributed by atoms with Crippen LogP contribution < -0.4 is 15.8 Å². The number of phenolic OH excluding ortho intramolecular Hbond substituents is 1. The molecule has 94 valence electrons. The van der Waals surface area contributed by atoms with E-state index in [4.69, 9.17) is 10.5 Å². The Kier molecular flexibility index (Phi) is 3.57. The zero-order valence-corrected chi connectivity index (χ0v) is 10.2. The number of methoxy groups -OCH3 is 1. The van der Waals surface area contributed by atoms with Crippen molar-refractivity contribution in [3.8, 4) is 11.5 Å². The number of anilines is 2. The van der Waals surface area contributed by atoms with E-state index in [1.165, 1.54) is 0 Å². The summed E-state index contributed by atoms with van der Waals surface area (Å²) in [5, 5.41) is 12.9. The van der Waals surface area contributed by atoms with E-state index in [0.29, 0.717) is 17.8 Å². The van der Waals surface area contributed by atoms with Gasteiger partial charge in [-0.15, -0.1) is 0 Å². The van der Waals surface area contributed by atoms with Crippen molar-refractivity contribution in [1.29, 1.82) is 0 Å². The Morgan fingerprint density at radius 3 is 2.67 bits per heavy atom. The number of hydrogen-bond donors (Lipinski definition) is 3. The van der Waals surface area contributed by atoms with Gasteiger partial charge < -0.3 is 20.9 Å². The fraction of sp³-hybridized carbons (Fsp3) is 0.143. The Morgan fingerprint density at radius 1 is 1.17 bits per heavy atom. The minimum Gasteiger partial charge on any atom is -0.508 e. The topological polar surface area (TPSA) is 67.5 Å². The molecule has 0 atom stereocenters. The van der Waals surface area contributed by atoms with Crippen LogP contribution in [-0.2, 0) is 6.54 Å². The summed E-state index contributed by atoms with van der Waals surface area (Å²) >= 11 is 0. The van der Waals surface area contributed by atoms with Crippen molar-refractivity contribution in [2.45, 2.75) is 6.54 Å². The van der Waals surface area contributed by atoms with Gasteiger partial charge in [-0.3, -0.25) is 0 Å². The molecule has 4 heteroatoms. The average Bonchev–Trinajstić information content (AvgIpc) is 2.38. The van der Waals surface area contributed by atoms with Gasteiger partial charge in [-0.05, 0) is 24.3 Å². The predicted molar refractivity (Wildman–Crippen MR) is 72.8 cm³/mol. The lowest BCUT2D eigenvalue weighted by Crippen LogP contribution is -2.04. The summed E-state index contributed by atoms with van der Waals surface area (Å²) in [6.07, 6.45) is 0. The normalized spacial score (nSPS) is 10.1. The Bertz CT molecular complexity index is 521. The number of phenols is 1. The first-order valence-electron chi connectivity index (χ1n) is 5.65. The van der Waals surface area contributed by atoms with Crippen LogP contribution in [0.4, 0.5) is 11.4 Å². The van der Waals surface area contributed by atoms with Crippen LogP contribution in [0.15, 0.2) is 42.5 Å². The molecule has 0 bridgehead atoms. The molecule has 0 aliphatic rings. The monoisotopic (exact) mass is 244 g/mol. The second-order valence-corrected chi connectivity index (χ2v) is 3.90. The quantitative estimate of drug-likeness (QED) is 0.723. The van der Waals surface area contributed by atoms with Crippen molar-refractivity contribution in [2.24, 2.45) is 0 Å². The molecule has 0 radical (unpaired) electrons.